The van der Waals surface area contributed by atoms with Crippen LogP contribution in [0.5, 0.6) is 0 Å². The van der Waals surface area contributed by atoms with E-state index in [1.54, 1.807) is 11.3 Å². The minimum atomic E-state index is 0.0733. The van der Waals surface area contributed by atoms with Gasteiger partial charge >= 0.3 is 0 Å². The molecule has 2 aromatic rings. The highest BCUT2D eigenvalue weighted by Gasteiger charge is 2.06. The van der Waals surface area contributed by atoms with E-state index in [0.29, 0.717) is 0 Å². The van der Waals surface area contributed by atoms with Crippen molar-refractivity contribution in [2.24, 2.45) is 0 Å². The molecule has 3 heteroatoms. The van der Waals surface area contributed by atoms with Gasteiger partial charge in [0, 0.05) is 4.70 Å². The lowest BCUT2D eigenvalue weighted by atomic mass is 10.1. The number of aryl methyl sites for hydroxylation is 1. The zero-order valence-electron chi connectivity index (χ0n) is 7.17. The standard InChI is InChI=1S/C10H9ClOS/c1-6-2-3-7(5-12)8-4-9(11)13-10(6)8/h2-4,12H,5H2,1H3. The van der Waals surface area contributed by atoms with Gasteiger partial charge in [0.15, 0.2) is 0 Å². The maximum atomic E-state index is 9.10. The van der Waals surface area contributed by atoms with Crippen LogP contribution in [0, 0.1) is 6.92 Å². The summed E-state index contributed by atoms with van der Waals surface area (Å²) in [5.41, 5.74) is 2.16. The van der Waals surface area contributed by atoms with Crippen LogP contribution in [0.4, 0.5) is 0 Å². The van der Waals surface area contributed by atoms with Gasteiger partial charge in [0.1, 0.15) is 0 Å². The van der Waals surface area contributed by atoms with Crippen LogP contribution in [0.3, 0.4) is 0 Å². The van der Waals surface area contributed by atoms with Crippen molar-refractivity contribution in [2.75, 3.05) is 0 Å². The molecular formula is C10H9ClOS. The number of halogens is 1. The Balaban J connectivity index is 2.83. The summed E-state index contributed by atoms with van der Waals surface area (Å²) in [5, 5.41) is 10.2. The molecule has 0 atom stereocenters. The summed E-state index contributed by atoms with van der Waals surface area (Å²) < 4.78 is 1.95. The minimum absolute atomic E-state index is 0.0733. The highest BCUT2D eigenvalue weighted by molar-refractivity contribution is 7.22. The van der Waals surface area contributed by atoms with Gasteiger partial charge in [0.05, 0.1) is 10.9 Å². The van der Waals surface area contributed by atoms with E-state index < -0.39 is 0 Å². The van der Waals surface area contributed by atoms with E-state index in [2.05, 4.69) is 6.92 Å². The minimum Gasteiger partial charge on any atom is -0.392 e. The summed E-state index contributed by atoms with van der Waals surface area (Å²) in [5.74, 6) is 0. The third-order valence-corrected chi connectivity index (χ3v) is 3.51. The molecule has 1 aromatic carbocycles. The summed E-state index contributed by atoms with van der Waals surface area (Å²) in [7, 11) is 0. The predicted molar refractivity (Wildman–Crippen MR) is 57.5 cm³/mol. The van der Waals surface area contributed by atoms with Crippen LogP contribution >= 0.6 is 22.9 Å². The van der Waals surface area contributed by atoms with Crippen molar-refractivity contribution in [1.82, 2.24) is 0 Å². The first-order valence-electron chi connectivity index (χ1n) is 4.01. The zero-order chi connectivity index (χ0) is 9.42. The molecular weight excluding hydrogens is 204 g/mol. The van der Waals surface area contributed by atoms with Crippen molar-refractivity contribution in [3.05, 3.63) is 33.7 Å². The van der Waals surface area contributed by atoms with Crippen molar-refractivity contribution in [2.45, 2.75) is 13.5 Å². The number of hydrogen-bond donors (Lipinski definition) is 1. The van der Waals surface area contributed by atoms with Gasteiger partial charge in [-0.2, -0.15) is 0 Å². The Labute approximate surface area is 85.6 Å². The van der Waals surface area contributed by atoms with Gasteiger partial charge in [0.2, 0.25) is 0 Å². The van der Waals surface area contributed by atoms with Crippen molar-refractivity contribution >= 4 is 33.0 Å². The lowest BCUT2D eigenvalue weighted by Crippen LogP contribution is -1.84. The maximum absolute atomic E-state index is 9.10. The number of hydrogen-bond acceptors (Lipinski definition) is 2. The molecule has 0 bridgehead atoms. The SMILES string of the molecule is Cc1ccc(CO)c2cc(Cl)sc12. The Hall–Kier alpha value is -0.570. The van der Waals surface area contributed by atoms with E-state index in [4.69, 9.17) is 16.7 Å². The lowest BCUT2D eigenvalue weighted by Gasteiger charge is -2.00. The Morgan fingerprint density at radius 1 is 1.46 bits per heavy atom. The first-order valence-corrected chi connectivity index (χ1v) is 5.20. The molecule has 0 spiro atoms. The monoisotopic (exact) mass is 212 g/mol. The summed E-state index contributed by atoms with van der Waals surface area (Å²) >= 11 is 7.48. The van der Waals surface area contributed by atoms with Crippen molar-refractivity contribution in [3.63, 3.8) is 0 Å². The van der Waals surface area contributed by atoms with Gasteiger partial charge in [-0.15, -0.1) is 11.3 Å². The molecule has 1 N–H and O–H groups in total. The molecule has 0 aliphatic rings. The molecule has 0 aliphatic heterocycles. The molecule has 68 valence electrons. The second-order valence-corrected chi connectivity index (χ2v) is 4.68. The maximum Gasteiger partial charge on any atom is 0.0941 e. The zero-order valence-corrected chi connectivity index (χ0v) is 8.75. The van der Waals surface area contributed by atoms with Gasteiger partial charge in [-0.25, -0.2) is 0 Å². The van der Waals surface area contributed by atoms with Gasteiger partial charge < -0.3 is 5.11 Å². The number of aliphatic hydroxyl groups excluding tert-OH is 1. The molecule has 1 heterocycles. The largest absolute Gasteiger partial charge is 0.392 e. The highest BCUT2D eigenvalue weighted by Crippen LogP contribution is 2.33. The second kappa shape index (κ2) is 3.29. The van der Waals surface area contributed by atoms with Crippen LogP contribution in [0.25, 0.3) is 10.1 Å². The van der Waals surface area contributed by atoms with E-state index >= 15 is 0 Å². The van der Waals surface area contributed by atoms with Gasteiger partial charge in [-0.05, 0) is 29.5 Å². The van der Waals surface area contributed by atoms with E-state index in [1.807, 2.05) is 18.2 Å². The molecule has 2 rings (SSSR count). The molecule has 0 radical (unpaired) electrons. The van der Waals surface area contributed by atoms with Crippen LogP contribution in [-0.4, -0.2) is 5.11 Å². The van der Waals surface area contributed by atoms with E-state index in [9.17, 15) is 0 Å². The molecule has 1 nitrogen and oxygen atoms in total. The van der Waals surface area contributed by atoms with Crippen LogP contribution in [0.2, 0.25) is 4.34 Å². The molecule has 13 heavy (non-hydrogen) atoms. The Bertz CT molecular complexity index is 447. The fourth-order valence-corrected chi connectivity index (χ4v) is 2.66. The summed E-state index contributed by atoms with van der Waals surface area (Å²) in [6.45, 7) is 2.13. The predicted octanol–water partition coefficient (Wildman–Crippen LogP) is 3.36. The Morgan fingerprint density at radius 3 is 2.92 bits per heavy atom. The van der Waals surface area contributed by atoms with Crippen molar-refractivity contribution in [1.29, 1.82) is 0 Å². The third kappa shape index (κ3) is 1.46. The molecule has 0 fully saturated rings. The van der Waals surface area contributed by atoms with Crippen molar-refractivity contribution in [3.8, 4) is 0 Å². The fraction of sp³-hybridized carbons (Fsp3) is 0.200. The first-order chi connectivity index (χ1) is 6.22. The molecule has 1 aromatic heterocycles. The van der Waals surface area contributed by atoms with Crippen LogP contribution < -0.4 is 0 Å². The fourth-order valence-electron chi connectivity index (χ4n) is 1.42. The normalized spacial score (nSPS) is 11.0. The molecule has 0 saturated carbocycles. The smallest absolute Gasteiger partial charge is 0.0941 e. The molecule has 0 aliphatic carbocycles. The summed E-state index contributed by atoms with van der Waals surface area (Å²) in [6.07, 6.45) is 0. The number of aliphatic hydroxyl groups is 1. The van der Waals surface area contributed by atoms with Crippen molar-refractivity contribution < 1.29 is 5.11 Å². The quantitative estimate of drug-likeness (QED) is 0.769. The van der Waals surface area contributed by atoms with Crippen LogP contribution in [0.15, 0.2) is 18.2 Å². The highest BCUT2D eigenvalue weighted by atomic mass is 35.5. The Morgan fingerprint density at radius 2 is 2.23 bits per heavy atom. The first kappa shape index (κ1) is 9.00. The molecule has 0 saturated heterocycles. The number of benzene rings is 1. The van der Waals surface area contributed by atoms with Crippen LogP contribution in [-0.2, 0) is 6.61 Å². The molecule has 0 amide bonds. The van der Waals surface area contributed by atoms with Gasteiger partial charge in [-0.1, -0.05) is 23.7 Å². The van der Waals surface area contributed by atoms with Crippen LogP contribution in [0.1, 0.15) is 11.1 Å². The lowest BCUT2D eigenvalue weighted by molar-refractivity contribution is 0.283. The number of thiophene rings is 1. The average molecular weight is 213 g/mol. The van der Waals surface area contributed by atoms with E-state index in [1.165, 1.54) is 10.3 Å². The van der Waals surface area contributed by atoms with Gasteiger partial charge in [0.25, 0.3) is 0 Å². The van der Waals surface area contributed by atoms with E-state index in [-0.39, 0.29) is 6.61 Å². The number of fused-ring (bicyclic) bond motifs is 1. The third-order valence-electron chi connectivity index (χ3n) is 2.11. The summed E-state index contributed by atoms with van der Waals surface area (Å²) in [4.78, 5) is 0. The Kier molecular flexibility index (Phi) is 2.28. The summed E-state index contributed by atoms with van der Waals surface area (Å²) in [6, 6.07) is 5.88. The number of rotatable bonds is 1. The van der Waals surface area contributed by atoms with Gasteiger partial charge in [-0.3, -0.25) is 0 Å². The topological polar surface area (TPSA) is 20.2 Å². The average Bonchev–Trinajstić information content (AvgIpc) is 2.48. The molecule has 0 unspecified atom stereocenters. The van der Waals surface area contributed by atoms with E-state index in [0.717, 1.165) is 15.3 Å². The second-order valence-electron chi connectivity index (χ2n) is 2.99.